The van der Waals surface area contributed by atoms with Gasteiger partial charge < -0.3 is 24.8 Å². The number of para-hydroxylation sites is 1. The van der Waals surface area contributed by atoms with Crippen LogP contribution in [0.1, 0.15) is 49.4 Å². The lowest BCUT2D eigenvalue weighted by molar-refractivity contribution is -0.155. The molecule has 2 aromatic rings. The first kappa shape index (κ1) is 26.5. The number of carbonyl (C=O) groups is 4. The van der Waals surface area contributed by atoms with E-state index >= 15 is 0 Å². The molecule has 0 bridgehead atoms. The van der Waals surface area contributed by atoms with E-state index in [0.717, 1.165) is 23.3 Å². The maximum atomic E-state index is 13.1. The van der Waals surface area contributed by atoms with Crippen molar-refractivity contribution < 1.29 is 33.8 Å². The largest absolute Gasteiger partial charge is 0.494 e. The number of nitrogens with zero attached hydrogens (tertiary/aromatic N) is 3. The molecule has 1 aliphatic carbocycles. The first-order valence-electron chi connectivity index (χ1n) is 13.1. The van der Waals surface area contributed by atoms with Gasteiger partial charge in [0.2, 0.25) is 11.8 Å². The molecule has 1 aromatic carbocycles. The van der Waals surface area contributed by atoms with Gasteiger partial charge in [-0.3, -0.25) is 19.5 Å². The van der Waals surface area contributed by atoms with Gasteiger partial charge in [-0.1, -0.05) is 25.1 Å². The number of hydrogen-bond donors (Lipinski definition) is 2. The third kappa shape index (κ3) is 5.97. The number of benzene rings is 1. The lowest BCUT2D eigenvalue weighted by Crippen LogP contribution is -2.48. The smallest absolute Gasteiger partial charge is 0.407 e. The molecule has 39 heavy (non-hydrogen) atoms. The van der Waals surface area contributed by atoms with Crippen molar-refractivity contribution in [3.05, 3.63) is 59.4 Å². The van der Waals surface area contributed by atoms with Gasteiger partial charge in [0, 0.05) is 25.2 Å². The normalized spacial score (nSPS) is 22.6. The fourth-order valence-corrected chi connectivity index (χ4v) is 5.42. The number of aromatic nitrogens is 1. The number of rotatable bonds is 10. The van der Waals surface area contributed by atoms with Crippen molar-refractivity contribution in [2.75, 3.05) is 13.2 Å². The molecule has 11 heteroatoms. The molecule has 0 radical (unpaired) electrons. The van der Waals surface area contributed by atoms with Crippen molar-refractivity contribution in [3.63, 3.8) is 0 Å². The monoisotopic (exact) mass is 536 g/mol. The SMILES string of the molecule is C[C@@]12C[C@@H]1N(C(=O)CNC(=O)CCCOc1ccccc1)[C@H](C(=O)OCc1cc3c(cn1)CN(C(=O)O)C3)C2. The molecule has 3 amide bonds. The quantitative estimate of drug-likeness (QED) is 0.349. The number of nitrogens with one attached hydrogen (secondary N) is 1. The molecule has 206 valence electrons. The summed E-state index contributed by atoms with van der Waals surface area (Å²) in [6, 6.07) is 10.3. The molecular weight excluding hydrogens is 504 g/mol. The number of ether oxygens (including phenoxy) is 2. The van der Waals surface area contributed by atoms with E-state index < -0.39 is 18.1 Å². The van der Waals surface area contributed by atoms with Crippen molar-refractivity contribution >= 4 is 23.9 Å². The number of esters is 1. The van der Waals surface area contributed by atoms with Crippen LogP contribution in [-0.2, 0) is 38.8 Å². The van der Waals surface area contributed by atoms with Crippen LogP contribution in [0.25, 0.3) is 0 Å². The molecule has 2 aliphatic heterocycles. The number of carboxylic acid groups (broad SMARTS) is 1. The molecular formula is C28H32N4O7. The number of pyridine rings is 1. The minimum absolute atomic E-state index is 0.0427. The number of hydrogen-bond acceptors (Lipinski definition) is 7. The maximum absolute atomic E-state index is 13.1. The van der Waals surface area contributed by atoms with Gasteiger partial charge in [-0.15, -0.1) is 0 Å². The van der Waals surface area contributed by atoms with Gasteiger partial charge in [-0.05, 0) is 54.0 Å². The third-order valence-corrected chi connectivity index (χ3v) is 7.69. The summed E-state index contributed by atoms with van der Waals surface area (Å²) in [7, 11) is 0. The maximum Gasteiger partial charge on any atom is 0.407 e. The van der Waals surface area contributed by atoms with Gasteiger partial charge in [0.05, 0.1) is 25.4 Å². The molecule has 2 fully saturated rings. The minimum atomic E-state index is -0.995. The topological polar surface area (TPSA) is 138 Å². The predicted molar refractivity (Wildman–Crippen MR) is 137 cm³/mol. The molecule has 11 nitrogen and oxygen atoms in total. The van der Waals surface area contributed by atoms with E-state index in [9.17, 15) is 24.3 Å². The fraction of sp³-hybridized carbons (Fsp3) is 0.464. The summed E-state index contributed by atoms with van der Waals surface area (Å²) in [6.07, 6.45) is 2.69. The first-order chi connectivity index (χ1) is 18.7. The van der Waals surface area contributed by atoms with Crippen molar-refractivity contribution in [1.82, 2.24) is 20.1 Å². The van der Waals surface area contributed by atoms with Crippen LogP contribution in [0.3, 0.4) is 0 Å². The van der Waals surface area contributed by atoms with Crippen LogP contribution in [0.4, 0.5) is 4.79 Å². The zero-order chi connectivity index (χ0) is 27.6. The van der Waals surface area contributed by atoms with Crippen LogP contribution in [0.15, 0.2) is 42.6 Å². The van der Waals surface area contributed by atoms with Gasteiger partial charge in [-0.25, -0.2) is 9.59 Å². The number of amides is 3. The highest BCUT2D eigenvalue weighted by Crippen LogP contribution is 2.59. The Morgan fingerprint density at radius 1 is 1.13 bits per heavy atom. The molecule has 1 saturated heterocycles. The van der Waals surface area contributed by atoms with E-state index in [1.807, 2.05) is 37.3 Å². The summed E-state index contributed by atoms with van der Waals surface area (Å²) in [4.78, 5) is 56.7. The molecule has 1 aromatic heterocycles. The zero-order valence-electron chi connectivity index (χ0n) is 21.8. The molecule has 0 spiro atoms. The van der Waals surface area contributed by atoms with E-state index in [-0.39, 0.29) is 55.9 Å². The van der Waals surface area contributed by atoms with E-state index in [1.54, 1.807) is 17.2 Å². The Bertz CT molecular complexity index is 1270. The second-order valence-electron chi connectivity index (χ2n) is 10.6. The summed E-state index contributed by atoms with van der Waals surface area (Å²) in [5.74, 6) is -0.317. The predicted octanol–water partition coefficient (Wildman–Crippen LogP) is 2.47. The van der Waals surface area contributed by atoms with Gasteiger partial charge in [0.15, 0.2) is 0 Å². The average Bonchev–Trinajstić information content (AvgIpc) is 3.26. The van der Waals surface area contributed by atoms with Crippen LogP contribution >= 0.6 is 0 Å². The Labute approximate surface area is 226 Å². The van der Waals surface area contributed by atoms with Gasteiger partial charge in [-0.2, -0.15) is 0 Å². The van der Waals surface area contributed by atoms with E-state index in [0.29, 0.717) is 25.1 Å². The van der Waals surface area contributed by atoms with Gasteiger partial charge >= 0.3 is 12.1 Å². The Balaban J connectivity index is 1.09. The van der Waals surface area contributed by atoms with E-state index in [1.165, 1.54) is 4.90 Å². The van der Waals surface area contributed by atoms with Crippen molar-refractivity contribution in [2.24, 2.45) is 5.41 Å². The first-order valence-corrected chi connectivity index (χ1v) is 13.1. The molecule has 3 heterocycles. The highest BCUT2D eigenvalue weighted by molar-refractivity contribution is 5.90. The van der Waals surface area contributed by atoms with E-state index in [4.69, 9.17) is 9.47 Å². The van der Waals surface area contributed by atoms with Crippen molar-refractivity contribution in [1.29, 1.82) is 0 Å². The molecule has 2 N–H and O–H groups in total. The lowest BCUT2D eigenvalue weighted by atomic mass is 10.0. The average molecular weight is 537 g/mol. The molecule has 0 unspecified atom stereocenters. The second kappa shape index (κ2) is 10.9. The Hall–Kier alpha value is -4.15. The second-order valence-corrected chi connectivity index (χ2v) is 10.6. The van der Waals surface area contributed by atoms with Crippen molar-refractivity contribution in [2.45, 2.75) is 64.4 Å². The fourth-order valence-electron chi connectivity index (χ4n) is 5.42. The molecule has 1 saturated carbocycles. The summed E-state index contributed by atoms with van der Waals surface area (Å²) >= 11 is 0. The molecule has 5 rings (SSSR count). The number of likely N-dealkylation sites (tertiary alicyclic amines) is 1. The molecule has 3 atom stereocenters. The van der Waals surface area contributed by atoms with Gasteiger partial charge in [0.1, 0.15) is 18.4 Å². The highest BCUT2D eigenvalue weighted by atomic mass is 16.5. The Morgan fingerprint density at radius 3 is 2.67 bits per heavy atom. The van der Waals surface area contributed by atoms with Crippen LogP contribution in [0.5, 0.6) is 5.75 Å². The molecule has 3 aliphatic rings. The summed E-state index contributed by atoms with van der Waals surface area (Å²) in [6.45, 7) is 2.75. The minimum Gasteiger partial charge on any atom is -0.494 e. The van der Waals surface area contributed by atoms with Crippen LogP contribution < -0.4 is 10.1 Å². The number of carbonyl (C=O) groups excluding carboxylic acids is 3. The summed E-state index contributed by atoms with van der Waals surface area (Å²) < 4.78 is 11.1. The zero-order valence-corrected chi connectivity index (χ0v) is 21.8. The third-order valence-electron chi connectivity index (χ3n) is 7.69. The standard InChI is InChI=1S/C28H32N4O7/c1-28-11-22(26(35)39-17-20-10-18-15-31(27(36)37)16-19(18)13-29-20)32(23(28)12-28)25(34)14-30-24(33)8-5-9-38-21-6-3-2-4-7-21/h2-4,6-7,10,13,22-23H,5,8-9,11-12,14-17H2,1H3,(H,30,33)(H,36,37)/t22-,23-,28+/m0/s1. The Morgan fingerprint density at radius 2 is 1.90 bits per heavy atom. The van der Waals surface area contributed by atoms with Crippen LogP contribution in [-0.4, -0.2) is 69.0 Å². The number of piperidine rings is 1. The highest BCUT2D eigenvalue weighted by Gasteiger charge is 2.64. The number of fused-ring (bicyclic) bond motifs is 2. The van der Waals surface area contributed by atoms with Crippen LogP contribution in [0, 0.1) is 5.41 Å². The Kier molecular flexibility index (Phi) is 7.40. The van der Waals surface area contributed by atoms with E-state index in [2.05, 4.69) is 10.3 Å². The van der Waals surface area contributed by atoms with Crippen molar-refractivity contribution in [3.8, 4) is 5.75 Å². The van der Waals surface area contributed by atoms with Crippen LogP contribution in [0.2, 0.25) is 0 Å². The summed E-state index contributed by atoms with van der Waals surface area (Å²) in [5.41, 5.74) is 2.07. The lowest BCUT2D eigenvalue weighted by Gasteiger charge is -2.26. The van der Waals surface area contributed by atoms with Gasteiger partial charge in [0.25, 0.3) is 0 Å². The summed E-state index contributed by atoms with van der Waals surface area (Å²) in [5, 5.41) is 11.9.